The van der Waals surface area contributed by atoms with Gasteiger partial charge in [0, 0.05) is 0 Å². The first-order chi connectivity index (χ1) is 19.9. The Kier molecular flexibility index (Phi) is 9.76. The van der Waals surface area contributed by atoms with Gasteiger partial charge in [0.15, 0.2) is 0 Å². The summed E-state index contributed by atoms with van der Waals surface area (Å²) in [6.45, 7) is 7.22. The zero-order chi connectivity index (χ0) is 30.0. The molecular weight excluding hydrogens is 675 g/mol. The molecule has 0 bridgehead atoms. The van der Waals surface area contributed by atoms with Crippen molar-refractivity contribution in [3.8, 4) is 22.3 Å². The molecule has 0 fully saturated rings. The second-order valence-electron chi connectivity index (χ2n) is 14.1. The van der Waals surface area contributed by atoms with E-state index < -0.39 is 17.4 Å². The molecular formula is C38H46Cl2N2SiZr. The fourth-order valence-electron chi connectivity index (χ4n) is 8.17. The number of fused-ring (bicyclic) bond motifs is 2. The van der Waals surface area contributed by atoms with Crippen molar-refractivity contribution in [2.24, 2.45) is 0 Å². The molecule has 44 heavy (non-hydrogen) atoms. The molecule has 6 heteroatoms. The minimum absolute atomic E-state index is 0. The summed E-state index contributed by atoms with van der Waals surface area (Å²) in [6, 6.07) is 32.1. The van der Waals surface area contributed by atoms with Gasteiger partial charge in [-0.1, -0.05) is 0 Å². The van der Waals surface area contributed by atoms with Crippen molar-refractivity contribution in [3.63, 3.8) is 0 Å². The largest absolute Gasteiger partial charge is 0.147 e. The van der Waals surface area contributed by atoms with Gasteiger partial charge in [0.1, 0.15) is 0 Å². The Morgan fingerprint density at radius 3 is 1.20 bits per heavy atom. The van der Waals surface area contributed by atoms with Crippen molar-refractivity contribution < 1.29 is 17.4 Å². The molecule has 2 atom stereocenters. The molecule has 0 amide bonds. The van der Waals surface area contributed by atoms with Crippen LogP contribution in [0.4, 0.5) is 11.4 Å². The molecule has 0 radical (unpaired) electrons. The molecule has 0 aliphatic heterocycles. The molecule has 0 N–H and O–H groups in total. The zero-order valence-corrected chi connectivity index (χ0v) is 32.8. The third kappa shape index (κ3) is 5.73. The van der Waals surface area contributed by atoms with Gasteiger partial charge in [-0.05, 0) is 0 Å². The van der Waals surface area contributed by atoms with Gasteiger partial charge in [0.25, 0.3) is 0 Å². The van der Waals surface area contributed by atoms with E-state index in [1.165, 1.54) is 44.8 Å². The molecule has 0 spiro atoms. The Morgan fingerprint density at radius 1 is 0.545 bits per heavy atom. The summed E-state index contributed by atoms with van der Waals surface area (Å²) in [5.41, 5.74) is 16.8. The van der Waals surface area contributed by atoms with Crippen molar-refractivity contribution in [2.45, 2.75) is 30.4 Å². The SMILES string of the molecule is CC1=Cc2c(-c3ccc(N(C)C)cc3)cccc2[CH]1[Zr]([CH3])([CH3])(=[SiH2])[CH]1C(C)=Cc2c(-c3ccc(N(C)C)cc3)cccc21.Cl.Cl. The quantitative estimate of drug-likeness (QED) is 0.183. The second kappa shape index (κ2) is 12.4. The average molecular weight is 721 g/mol. The van der Waals surface area contributed by atoms with Crippen molar-refractivity contribution in [1.82, 2.24) is 0 Å². The molecule has 2 unspecified atom stereocenters. The van der Waals surface area contributed by atoms with Gasteiger partial charge in [-0.15, -0.1) is 24.8 Å². The van der Waals surface area contributed by atoms with E-state index in [-0.39, 0.29) is 24.8 Å². The summed E-state index contributed by atoms with van der Waals surface area (Å²) in [6.07, 6.45) is 5.03. The first-order valence-corrected chi connectivity index (χ1v) is 28.8. The van der Waals surface area contributed by atoms with E-state index in [0.717, 1.165) is 0 Å². The Labute approximate surface area is 279 Å². The smallest absolute Gasteiger partial charge is 0.147 e. The van der Waals surface area contributed by atoms with E-state index in [2.05, 4.69) is 165 Å². The van der Waals surface area contributed by atoms with Crippen LogP contribution in [0.1, 0.15) is 43.4 Å². The van der Waals surface area contributed by atoms with Crippen LogP contribution >= 0.6 is 24.8 Å². The van der Waals surface area contributed by atoms with Gasteiger partial charge in [-0.3, -0.25) is 0 Å². The van der Waals surface area contributed by atoms with Crippen LogP contribution in [0.3, 0.4) is 0 Å². The molecule has 0 saturated carbocycles. The summed E-state index contributed by atoms with van der Waals surface area (Å²) >= 11 is -3.56. The Balaban J connectivity index is 0.00000221. The van der Waals surface area contributed by atoms with Crippen LogP contribution in [-0.4, -0.2) is 35.1 Å². The van der Waals surface area contributed by atoms with E-state index in [1.807, 2.05) is 0 Å². The normalized spacial score (nSPS) is 17.0. The molecule has 4 aromatic carbocycles. The van der Waals surface area contributed by atoms with Crippen molar-refractivity contribution in [1.29, 1.82) is 0 Å². The molecule has 2 aliphatic rings. The second-order valence-corrected chi connectivity index (χ2v) is 44.6. The van der Waals surface area contributed by atoms with Gasteiger partial charge in [-0.25, -0.2) is 0 Å². The van der Waals surface area contributed by atoms with Crippen LogP contribution < -0.4 is 9.80 Å². The van der Waals surface area contributed by atoms with Gasteiger partial charge >= 0.3 is 257 Å². The number of nitrogens with zero attached hydrogens (tertiary/aromatic N) is 2. The van der Waals surface area contributed by atoms with Gasteiger partial charge in [0.05, 0.1) is 0 Å². The number of halogens is 2. The third-order valence-electron chi connectivity index (χ3n) is 9.84. The number of hydrogen-bond donors (Lipinski definition) is 0. The van der Waals surface area contributed by atoms with E-state index in [1.54, 1.807) is 22.3 Å². The zero-order valence-electron chi connectivity index (χ0n) is 27.3. The molecule has 2 nitrogen and oxygen atoms in total. The predicted molar refractivity (Wildman–Crippen MR) is 200 cm³/mol. The molecule has 0 aromatic heterocycles. The molecule has 230 valence electrons. The Bertz CT molecular complexity index is 1700. The summed E-state index contributed by atoms with van der Waals surface area (Å²) < 4.78 is 6.49. The maximum Gasteiger partial charge on any atom is -0.147 e. The van der Waals surface area contributed by atoms with E-state index in [4.69, 9.17) is 0 Å². The van der Waals surface area contributed by atoms with Crippen LogP contribution in [0.2, 0.25) is 9.26 Å². The summed E-state index contributed by atoms with van der Waals surface area (Å²) in [7, 11) is 8.40. The van der Waals surface area contributed by atoms with Gasteiger partial charge in [-0.2, -0.15) is 0 Å². The topological polar surface area (TPSA) is 6.48 Å². The maximum atomic E-state index is 2.73. The first-order valence-electron chi connectivity index (χ1n) is 15.1. The maximum absolute atomic E-state index is 3.56. The standard InChI is InChI=1S/2C18H18N.2CH3.2ClH.H2Si.Zr/c2*1-13-11-15-5-4-6-17(18(15)12-13)14-7-9-16(10-8-14)19(2)3;;;;;;/h2*4-12H,1-3H3;2*1H3;2*1H;1H2;. The van der Waals surface area contributed by atoms with Crippen molar-refractivity contribution >= 4 is 55.2 Å². The summed E-state index contributed by atoms with van der Waals surface area (Å²) in [4.78, 5) is 4.33. The van der Waals surface area contributed by atoms with Crippen LogP contribution in [0.5, 0.6) is 0 Å². The summed E-state index contributed by atoms with van der Waals surface area (Å²) in [5.74, 6) is 0. The molecule has 0 saturated heterocycles. The number of rotatable bonds is 6. The van der Waals surface area contributed by atoms with Crippen LogP contribution in [-0.2, 0) is 17.4 Å². The van der Waals surface area contributed by atoms with E-state index in [0.29, 0.717) is 7.25 Å². The number of benzene rings is 4. The minimum atomic E-state index is -3.56. The van der Waals surface area contributed by atoms with Crippen molar-refractivity contribution in [2.75, 3.05) is 38.0 Å². The van der Waals surface area contributed by atoms with Crippen LogP contribution in [0.15, 0.2) is 96.1 Å². The number of allylic oxidation sites excluding steroid dienone is 2. The third-order valence-corrected chi connectivity index (χ3v) is 27.8. The molecule has 0 heterocycles. The average Bonchev–Trinajstić information content (AvgIpc) is 3.49. The molecule has 6 rings (SSSR count). The molecule has 2 aliphatic carbocycles. The van der Waals surface area contributed by atoms with Gasteiger partial charge in [0.2, 0.25) is 0 Å². The van der Waals surface area contributed by atoms with E-state index >= 15 is 0 Å². The monoisotopic (exact) mass is 718 g/mol. The number of anilines is 2. The summed E-state index contributed by atoms with van der Waals surface area (Å²) in [5, 5.41) is 0. The predicted octanol–water partition coefficient (Wildman–Crippen LogP) is 9.95. The minimum Gasteiger partial charge on any atom is -0.147 e. The molecule has 4 aromatic rings. The fraction of sp³-hybridized carbons (Fsp3) is 0.263. The van der Waals surface area contributed by atoms with Gasteiger partial charge < -0.3 is 0 Å². The van der Waals surface area contributed by atoms with E-state index in [9.17, 15) is 0 Å². The Morgan fingerprint density at radius 2 is 0.886 bits per heavy atom. The first kappa shape index (κ1) is 34.5. The Hall–Kier alpha value is -2.36. The van der Waals surface area contributed by atoms with Crippen molar-refractivity contribution in [3.05, 3.63) is 118 Å². The van der Waals surface area contributed by atoms with Crippen LogP contribution in [0, 0.1) is 0 Å². The number of hydrogen-bond acceptors (Lipinski definition) is 2. The fourth-order valence-corrected chi connectivity index (χ4v) is 29.4. The van der Waals surface area contributed by atoms with Crippen LogP contribution in [0.25, 0.3) is 34.4 Å².